The summed E-state index contributed by atoms with van der Waals surface area (Å²) in [6, 6.07) is 15.3. The fraction of sp³-hybridized carbons (Fsp3) is 0.556. The van der Waals surface area contributed by atoms with E-state index in [1.54, 1.807) is 24.3 Å². The zero-order valence-corrected chi connectivity index (χ0v) is 18.6. The van der Waals surface area contributed by atoms with E-state index in [1.807, 2.05) is 24.3 Å². The van der Waals surface area contributed by atoms with E-state index < -0.39 is 0 Å². The second-order valence-corrected chi connectivity index (χ2v) is 8.72. The molecule has 3 heteroatoms. The lowest BCUT2D eigenvalue weighted by atomic mass is 9.88. The Kier molecular flexibility index (Phi) is 12.1. The van der Waals surface area contributed by atoms with Crippen LogP contribution in [-0.4, -0.2) is 16.8 Å². The van der Waals surface area contributed by atoms with Crippen LogP contribution in [0.3, 0.4) is 0 Å². The average Bonchev–Trinajstić information content (AvgIpc) is 2.75. The van der Waals surface area contributed by atoms with Crippen molar-refractivity contribution < 1.29 is 10.2 Å². The quantitative estimate of drug-likeness (QED) is 0.268. The van der Waals surface area contributed by atoms with Crippen molar-refractivity contribution in [1.82, 2.24) is 0 Å². The molecule has 0 unspecified atom stereocenters. The normalized spacial score (nSPS) is 11.3. The van der Waals surface area contributed by atoms with E-state index in [1.165, 1.54) is 81.8 Å². The largest absolute Gasteiger partial charge is 0.508 e. The lowest BCUT2D eigenvalue weighted by Gasteiger charge is -2.17. The van der Waals surface area contributed by atoms with Gasteiger partial charge in [0.15, 0.2) is 0 Å². The molecule has 0 heterocycles. The van der Waals surface area contributed by atoms with E-state index in [4.69, 9.17) is 5.73 Å². The summed E-state index contributed by atoms with van der Waals surface area (Å²) < 4.78 is 0. The Balaban J connectivity index is 1.69. The number of phenols is 2. The van der Waals surface area contributed by atoms with Crippen molar-refractivity contribution in [3.63, 3.8) is 0 Å². The predicted molar refractivity (Wildman–Crippen MR) is 127 cm³/mol. The molecule has 0 saturated heterocycles. The first kappa shape index (κ1) is 24.3. The molecule has 0 aliphatic rings. The monoisotopic (exact) mass is 411 g/mol. The van der Waals surface area contributed by atoms with Crippen LogP contribution in [0.15, 0.2) is 48.5 Å². The average molecular weight is 412 g/mol. The Morgan fingerprint density at radius 2 is 0.900 bits per heavy atom. The molecule has 4 N–H and O–H groups in total. The first-order valence-corrected chi connectivity index (χ1v) is 11.9. The van der Waals surface area contributed by atoms with E-state index in [0.29, 0.717) is 17.4 Å². The van der Waals surface area contributed by atoms with Gasteiger partial charge in [0.2, 0.25) is 0 Å². The van der Waals surface area contributed by atoms with Gasteiger partial charge in [-0.25, -0.2) is 0 Å². The van der Waals surface area contributed by atoms with E-state index in [0.717, 1.165) is 19.4 Å². The van der Waals surface area contributed by atoms with Crippen LogP contribution in [0.1, 0.15) is 81.8 Å². The molecule has 0 atom stereocenters. The molecule has 3 nitrogen and oxygen atoms in total. The van der Waals surface area contributed by atoms with Crippen LogP contribution < -0.4 is 5.73 Å². The van der Waals surface area contributed by atoms with E-state index in [9.17, 15) is 10.2 Å². The Morgan fingerprint density at radius 3 is 1.30 bits per heavy atom. The molecule has 2 aromatic carbocycles. The number of unbranched alkanes of at least 4 members (excludes halogenated alkanes) is 9. The van der Waals surface area contributed by atoms with Crippen molar-refractivity contribution in [3.05, 3.63) is 59.7 Å². The summed E-state index contributed by atoms with van der Waals surface area (Å²) in [5, 5.41) is 19.1. The molecule has 0 aliphatic heterocycles. The summed E-state index contributed by atoms with van der Waals surface area (Å²) >= 11 is 0. The highest BCUT2D eigenvalue weighted by Crippen LogP contribution is 2.23. The first-order chi connectivity index (χ1) is 14.7. The number of hydrogen-bond donors (Lipinski definition) is 3. The fourth-order valence-electron chi connectivity index (χ4n) is 4.20. The lowest BCUT2D eigenvalue weighted by Crippen LogP contribution is -2.09. The molecule has 0 aliphatic carbocycles. The molecule has 2 aromatic rings. The highest BCUT2D eigenvalue weighted by Gasteiger charge is 2.11. The smallest absolute Gasteiger partial charge is 0.115 e. The van der Waals surface area contributed by atoms with Gasteiger partial charge in [-0.3, -0.25) is 0 Å². The highest BCUT2D eigenvalue weighted by atomic mass is 16.3. The van der Waals surface area contributed by atoms with E-state index >= 15 is 0 Å². The van der Waals surface area contributed by atoms with Crippen LogP contribution in [-0.2, 0) is 12.8 Å². The fourth-order valence-corrected chi connectivity index (χ4v) is 4.20. The summed E-state index contributed by atoms with van der Waals surface area (Å²) in [5.74, 6) is 1.24. The van der Waals surface area contributed by atoms with Gasteiger partial charge in [0.05, 0.1) is 0 Å². The summed E-state index contributed by atoms with van der Waals surface area (Å²) in [5.41, 5.74) is 8.10. The van der Waals surface area contributed by atoms with Gasteiger partial charge in [0.25, 0.3) is 0 Å². The van der Waals surface area contributed by atoms with Crippen LogP contribution in [0.2, 0.25) is 0 Å². The molecule has 0 bridgehead atoms. The minimum atomic E-state index is 0.327. The van der Waals surface area contributed by atoms with Crippen molar-refractivity contribution in [2.45, 2.75) is 83.5 Å². The van der Waals surface area contributed by atoms with Gasteiger partial charge >= 0.3 is 0 Å². The number of benzene rings is 2. The molecule has 0 amide bonds. The van der Waals surface area contributed by atoms with Crippen LogP contribution in [0.5, 0.6) is 11.5 Å². The number of rotatable bonds is 16. The second-order valence-electron chi connectivity index (χ2n) is 8.72. The third kappa shape index (κ3) is 10.7. The maximum absolute atomic E-state index is 9.54. The number of aromatic hydroxyl groups is 2. The summed E-state index contributed by atoms with van der Waals surface area (Å²) in [6.07, 6.45) is 16.5. The molecule has 0 fully saturated rings. The zero-order chi connectivity index (χ0) is 21.4. The van der Waals surface area contributed by atoms with Gasteiger partial charge in [0.1, 0.15) is 11.5 Å². The Bertz CT molecular complexity index is 619. The predicted octanol–water partition coefficient (Wildman–Crippen LogP) is 6.75. The van der Waals surface area contributed by atoms with Gasteiger partial charge in [0, 0.05) is 0 Å². The van der Waals surface area contributed by atoms with Crippen LogP contribution in [0.4, 0.5) is 0 Å². The van der Waals surface area contributed by atoms with E-state index in [-0.39, 0.29) is 0 Å². The van der Waals surface area contributed by atoms with Gasteiger partial charge < -0.3 is 15.9 Å². The van der Waals surface area contributed by atoms with Gasteiger partial charge in [-0.1, -0.05) is 82.1 Å². The Hall–Kier alpha value is -2.00. The molecule has 30 heavy (non-hydrogen) atoms. The van der Waals surface area contributed by atoms with Gasteiger partial charge in [-0.2, -0.15) is 0 Å². The van der Waals surface area contributed by atoms with Gasteiger partial charge in [-0.05, 0) is 73.5 Å². The van der Waals surface area contributed by atoms with E-state index in [2.05, 4.69) is 0 Å². The third-order valence-electron chi connectivity index (χ3n) is 5.99. The van der Waals surface area contributed by atoms with Crippen molar-refractivity contribution in [2.24, 2.45) is 11.7 Å². The molecule has 0 spiro atoms. The van der Waals surface area contributed by atoms with Crippen LogP contribution >= 0.6 is 0 Å². The number of phenolic OH excluding ortho intramolecular Hbond substituents is 2. The molecular formula is C27H41NO2. The SMILES string of the molecule is NCCCCCCCCCCCCC(Cc1ccc(O)cc1)Cc1ccc(O)cc1. The minimum absolute atomic E-state index is 0.327. The Labute approximate surface area is 183 Å². The van der Waals surface area contributed by atoms with Crippen molar-refractivity contribution in [1.29, 1.82) is 0 Å². The molecule has 0 radical (unpaired) electrons. The number of nitrogens with two attached hydrogens (primary N) is 1. The standard InChI is InChI=1S/C27H41NO2/c28-20-10-8-6-4-2-1-3-5-7-9-11-25(21-23-12-16-26(29)17-13-23)22-24-14-18-27(30)19-15-24/h12-19,25,29-30H,1-11,20-22,28H2. The third-order valence-corrected chi connectivity index (χ3v) is 5.99. The lowest BCUT2D eigenvalue weighted by molar-refractivity contribution is 0.442. The molecular weight excluding hydrogens is 370 g/mol. The maximum atomic E-state index is 9.54. The van der Waals surface area contributed by atoms with Crippen LogP contribution in [0, 0.1) is 5.92 Å². The summed E-state index contributed by atoms with van der Waals surface area (Å²) in [4.78, 5) is 0. The number of hydrogen-bond acceptors (Lipinski definition) is 3. The summed E-state index contributed by atoms with van der Waals surface area (Å²) in [7, 11) is 0. The summed E-state index contributed by atoms with van der Waals surface area (Å²) in [6.45, 7) is 0.834. The molecule has 166 valence electrons. The van der Waals surface area contributed by atoms with Crippen molar-refractivity contribution in [3.8, 4) is 11.5 Å². The Morgan fingerprint density at radius 1 is 0.533 bits per heavy atom. The van der Waals surface area contributed by atoms with Crippen molar-refractivity contribution >= 4 is 0 Å². The highest BCUT2D eigenvalue weighted by molar-refractivity contribution is 5.28. The van der Waals surface area contributed by atoms with Crippen molar-refractivity contribution in [2.75, 3.05) is 6.54 Å². The molecule has 0 aromatic heterocycles. The molecule has 0 saturated carbocycles. The molecule has 2 rings (SSSR count). The zero-order valence-electron chi connectivity index (χ0n) is 18.6. The van der Waals surface area contributed by atoms with Gasteiger partial charge in [-0.15, -0.1) is 0 Å². The first-order valence-electron chi connectivity index (χ1n) is 11.9. The second kappa shape index (κ2) is 14.9. The topological polar surface area (TPSA) is 66.5 Å². The maximum Gasteiger partial charge on any atom is 0.115 e. The van der Waals surface area contributed by atoms with Crippen LogP contribution in [0.25, 0.3) is 0 Å². The minimum Gasteiger partial charge on any atom is -0.508 e.